The highest BCUT2D eigenvalue weighted by Crippen LogP contribution is 2.39. The monoisotopic (exact) mass is 382 g/mol. The lowest BCUT2D eigenvalue weighted by Gasteiger charge is -2.31. The number of aromatic nitrogens is 2. The van der Waals surface area contributed by atoms with Crippen LogP contribution in [-0.4, -0.2) is 52.3 Å². The molecule has 0 unspecified atom stereocenters. The van der Waals surface area contributed by atoms with Crippen molar-refractivity contribution >= 4 is 0 Å². The molecule has 1 fully saturated rings. The molecular formula is C19H30N2O6. The smallest absolute Gasteiger partial charge is 0.330 e. The third kappa shape index (κ3) is 4.95. The normalized spacial score (nSPS) is 27.7. The van der Waals surface area contributed by atoms with Crippen LogP contribution in [0.2, 0.25) is 0 Å². The molecule has 4 atom stereocenters. The van der Waals surface area contributed by atoms with E-state index in [0.717, 1.165) is 30.3 Å². The maximum absolute atomic E-state index is 12.2. The van der Waals surface area contributed by atoms with Crippen LogP contribution in [0.15, 0.2) is 34.5 Å². The van der Waals surface area contributed by atoms with Gasteiger partial charge in [0.2, 0.25) is 0 Å². The van der Waals surface area contributed by atoms with Crippen molar-refractivity contribution in [3.05, 3.63) is 45.8 Å². The van der Waals surface area contributed by atoms with Gasteiger partial charge in [0.05, 0.1) is 6.61 Å². The van der Waals surface area contributed by atoms with E-state index in [2.05, 4.69) is 18.5 Å². The first-order chi connectivity index (χ1) is 13.0. The fourth-order valence-electron chi connectivity index (χ4n) is 3.06. The fourth-order valence-corrected chi connectivity index (χ4v) is 3.06. The van der Waals surface area contributed by atoms with Crippen molar-refractivity contribution in [2.45, 2.75) is 63.6 Å². The minimum Gasteiger partial charge on any atom is -0.386 e. The van der Waals surface area contributed by atoms with Gasteiger partial charge in [-0.1, -0.05) is 32.8 Å². The molecule has 1 saturated heterocycles. The van der Waals surface area contributed by atoms with Crippen molar-refractivity contribution in [2.24, 2.45) is 0 Å². The van der Waals surface area contributed by atoms with Crippen LogP contribution in [0, 0.1) is 0 Å². The number of nitrogens with zero attached hydrogens (tertiary/aromatic N) is 1. The van der Waals surface area contributed by atoms with Crippen molar-refractivity contribution in [1.29, 1.82) is 0 Å². The Hall–Kier alpha value is -1.74. The standard InChI is InChI=1S/C19H30N2O6/c1-4-7-11-25-13-19(6-3)16(26-12-8-5-2)15(23)17(27-19)21-10-9-14(22)20-18(21)24/h6,9-10,15-17,23H,3-5,7-8,11-13H2,1-2H3,(H,20,22,24)/t15-,16+,17-,19-/m1/s1. The zero-order valence-corrected chi connectivity index (χ0v) is 16.1. The van der Waals surface area contributed by atoms with E-state index in [4.69, 9.17) is 14.2 Å². The molecule has 0 aliphatic carbocycles. The largest absolute Gasteiger partial charge is 0.386 e. The summed E-state index contributed by atoms with van der Waals surface area (Å²) < 4.78 is 18.9. The summed E-state index contributed by atoms with van der Waals surface area (Å²) in [4.78, 5) is 25.7. The predicted octanol–water partition coefficient (Wildman–Crippen LogP) is 1.35. The first-order valence-corrected chi connectivity index (χ1v) is 9.49. The van der Waals surface area contributed by atoms with Gasteiger partial charge < -0.3 is 19.3 Å². The zero-order valence-electron chi connectivity index (χ0n) is 16.1. The molecule has 2 heterocycles. The topological polar surface area (TPSA) is 103 Å². The molecule has 2 rings (SSSR count). The van der Waals surface area contributed by atoms with Gasteiger partial charge in [0.25, 0.3) is 5.56 Å². The third-order valence-corrected chi connectivity index (χ3v) is 4.66. The molecular weight excluding hydrogens is 352 g/mol. The van der Waals surface area contributed by atoms with Gasteiger partial charge in [0, 0.05) is 25.5 Å². The molecule has 0 aromatic carbocycles. The number of aromatic amines is 1. The fraction of sp³-hybridized carbons (Fsp3) is 0.684. The molecule has 1 aromatic heterocycles. The van der Waals surface area contributed by atoms with E-state index in [1.165, 1.54) is 12.3 Å². The summed E-state index contributed by atoms with van der Waals surface area (Å²) in [5, 5.41) is 10.9. The van der Waals surface area contributed by atoms with E-state index in [1.54, 1.807) is 6.08 Å². The Balaban J connectivity index is 2.29. The molecule has 1 aliphatic rings. The zero-order chi connectivity index (χ0) is 19.9. The number of unbranched alkanes of at least 4 members (excludes halogenated alkanes) is 2. The first kappa shape index (κ1) is 21.6. The number of hydrogen-bond donors (Lipinski definition) is 2. The molecule has 152 valence electrons. The van der Waals surface area contributed by atoms with E-state index in [1.807, 2.05) is 6.92 Å². The lowest BCUT2D eigenvalue weighted by atomic mass is 9.95. The van der Waals surface area contributed by atoms with Gasteiger partial charge >= 0.3 is 5.69 Å². The van der Waals surface area contributed by atoms with Crippen molar-refractivity contribution in [1.82, 2.24) is 9.55 Å². The molecule has 0 spiro atoms. The molecule has 1 aliphatic heterocycles. The van der Waals surface area contributed by atoms with E-state index in [9.17, 15) is 14.7 Å². The number of aliphatic hydroxyl groups is 1. The van der Waals surface area contributed by atoms with Crippen LogP contribution in [0.4, 0.5) is 0 Å². The second-order valence-electron chi connectivity index (χ2n) is 6.73. The Morgan fingerprint density at radius 2 is 2.04 bits per heavy atom. The molecule has 0 radical (unpaired) electrons. The lowest BCUT2D eigenvalue weighted by Crippen LogP contribution is -2.47. The molecule has 1 aromatic rings. The molecule has 8 nitrogen and oxygen atoms in total. The Morgan fingerprint density at radius 1 is 1.33 bits per heavy atom. The van der Waals surface area contributed by atoms with Crippen molar-refractivity contribution in [3.8, 4) is 0 Å². The van der Waals surface area contributed by atoms with Crippen LogP contribution in [0.1, 0.15) is 45.8 Å². The quantitative estimate of drug-likeness (QED) is 0.442. The Bertz CT molecular complexity index is 715. The van der Waals surface area contributed by atoms with Gasteiger partial charge in [-0.3, -0.25) is 14.3 Å². The second-order valence-corrected chi connectivity index (χ2v) is 6.73. The maximum Gasteiger partial charge on any atom is 0.330 e. The Kier molecular flexibility index (Phi) is 7.97. The number of aliphatic hydroxyl groups excluding tert-OH is 1. The van der Waals surface area contributed by atoms with E-state index in [-0.39, 0.29) is 6.61 Å². The van der Waals surface area contributed by atoms with E-state index in [0.29, 0.717) is 13.2 Å². The van der Waals surface area contributed by atoms with Crippen LogP contribution in [0.3, 0.4) is 0 Å². The van der Waals surface area contributed by atoms with Crippen LogP contribution < -0.4 is 11.2 Å². The number of H-pyrrole nitrogens is 1. The Morgan fingerprint density at radius 3 is 2.67 bits per heavy atom. The summed E-state index contributed by atoms with van der Waals surface area (Å²) in [6.45, 7) is 9.11. The maximum atomic E-state index is 12.2. The highest BCUT2D eigenvalue weighted by Gasteiger charge is 2.55. The summed E-state index contributed by atoms with van der Waals surface area (Å²) >= 11 is 0. The van der Waals surface area contributed by atoms with Gasteiger partial charge in [-0.25, -0.2) is 4.79 Å². The van der Waals surface area contributed by atoms with Crippen molar-refractivity contribution < 1.29 is 19.3 Å². The minimum absolute atomic E-state index is 0.152. The number of ether oxygens (including phenoxy) is 3. The van der Waals surface area contributed by atoms with Gasteiger partial charge in [0.1, 0.15) is 17.8 Å². The van der Waals surface area contributed by atoms with Gasteiger partial charge in [-0.15, -0.1) is 6.58 Å². The molecule has 2 N–H and O–H groups in total. The minimum atomic E-state index is -1.13. The highest BCUT2D eigenvalue weighted by molar-refractivity contribution is 5.12. The highest BCUT2D eigenvalue weighted by atomic mass is 16.6. The summed E-state index contributed by atoms with van der Waals surface area (Å²) in [7, 11) is 0. The van der Waals surface area contributed by atoms with Crippen LogP contribution in [0.5, 0.6) is 0 Å². The average molecular weight is 382 g/mol. The number of hydrogen-bond acceptors (Lipinski definition) is 6. The second kappa shape index (κ2) is 9.98. The molecule has 0 saturated carbocycles. The van der Waals surface area contributed by atoms with Gasteiger partial charge in [-0.2, -0.15) is 0 Å². The molecule has 8 heteroatoms. The summed E-state index contributed by atoms with van der Waals surface area (Å²) in [6, 6.07) is 1.20. The van der Waals surface area contributed by atoms with Crippen molar-refractivity contribution in [2.75, 3.05) is 19.8 Å². The predicted molar refractivity (Wildman–Crippen MR) is 101 cm³/mol. The number of nitrogens with one attached hydrogen (secondary N) is 1. The van der Waals surface area contributed by atoms with E-state index < -0.39 is 35.3 Å². The van der Waals surface area contributed by atoms with Crippen LogP contribution >= 0.6 is 0 Å². The molecule has 0 bridgehead atoms. The first-order valence-electron chi connectivity index (χ1n) is 9.49. The van der Waals surface area contributed by atoms with Crippen LogP contribution in [-0.2, 0) is 14.2 Å². The van der Waals surface area contributed by atoms with Crippen molar-refractivity contribution in [3.63, 3.8) is 0 Å². The third-order valence-electron chi connectivity index (χ3n) is 4.66. The van der Waals surface area contributed by atoms with Gasteiger partial charge in [-0.05, 0) is 12.8 Å². The van der Waals surface area contributed by atoms with Gasteiger partial charge in [0.15, 0.2) is 6.23 Å². The molecule has 0 amide bonds. The summed E-state index contributed by atoms with van der Waals surface area (Å²) in [5.74, 6) is 0. The number of rotatable bonds is 11. The van der Waals surface area contributed by atoms with E-state index >= 15 is 0 Å². The lowest BCUT2D eigenvalue weighted by molar-refractivity contribution is -0.125. The van der Waals surface area contributed by atoms with Crippen LogP contribution in [0.25, 0.3) is 0 Å². The SMILES string of the molecule is C=C[C@]1(COCCCC)O[C@@H](n2ccc(=O)[nH]c2=O)[C@H](O)[C@@H]1OCCCC. The summed E-state index contributed by atoms with van der Waals surface area (Å²) in [5.41, 5.74) is -2.27. The summed E-state index contributed by atoms with van der Waals surface area (Å²) in [6.07, 6.45) is 3.65. The average Bonchev–Trinajstić information content (AvgIpc) is 2.92. The Labute approximate surface area is 158 Å². The molecule has 27 heavy (non-hydrogen) atoms.